The van der Waals surface area contributed by atoms with Crippen LogP contribution in [0.5, 0.6) is 0 Å². The van der Waals surface area contributed by atoms with E-state index in [1.165, 1.54) is 0 Å². The van der Waals surface area contributed by atoms with Crippen molar-refractivity contribution in [3.8, 4) is 0 Å². The van der Waals surface area contributed by atoms with Crippen LogP contribution in [0.1, 0.15) is 189 Å². The number of hydrogen-bond donors (Lipinski definition) is 4. The first-order valence-corrected chi connectivity index (χ1v) is 32.2. The Labute approximate surface area is 472 Å². The Bertz CT molecular complexity index is 1420. The summed E-state index contributed by atoms with van der Waals surface area (Å²) in [6.45, 7) is 20.8. The predicted octanol–water partition coefficient (Wildman–Crippen LogP) is 7.58. The first-order chi connectivity index (χ1) is 37.0. The number of rotatable bonds is 51. The molecule has 18 nitrogen and oxygen atoms in total. The van der Waals surface area contributed by atoms with Gasteiger partial charge in [-0.1, -0.05) is 74.0 Å². The molecule has 0 aromatic rings. The number of aliphatic hydroxyl groups excluding tert-OH is 4. The van der Waals surface area contributed by atoms with Crippen molar-refractivity contribution in [2.75, 3.05) is 110 Å². The zero-order valence-corrected chi connectivity index (χ0v) is 50.4. The van der Waals surface area contributed by atoms with Crippen molar-refractivity contribution >= 4 is 51.4 Å². The van der Waals surface area contributed by atoms with Gasteiger partial charge in [0.2, 0.25) is 0 Å². The van der Waals surface area contributed by atoms with Gasteiger partial charge < -0.3 is 44.1 Å². The molecule has 0 radical (unpaired) electrons. The van der Waals surface area contributed by atoms with Crippen LogP contribution in [0.2, 0.25) is 0 Å². The summed E-state index contributed by atoms with van der Waals surface area (Å²) in [6, 6.07) is 0. The Kier molecular flexibility index (Phi) is 45.8. The first-order valence-electron chi connectivity index (χ1n) is 29.7. The molecule has 1 saturated heterocycles. The second-order valence-corrected chi connectivity index (χ2v) is 24.0. The molecule has 1 heterocycles. The molecule has 4 N–H and O–H groups in total. The summed E-state index contributed by atoms with van der Waals surface area (Å²) in [6.07, 6.45) is 11.5. The SMILES string of the molecule is CCCCOC(=O)CCCCC(O)CN(CCCSSCCN1CCN(CCOC(=O)CCCN(CC(O)CCCCC(=O)OC(C)C)CC(O)CCCCC(=O)OC(C)C)CC1)CC(O)CCCCC(=O)OCCCC. The molecule has 77 heavy (non-hydrogen) atoms. The van der Waals surface area contributed by atoms with Crippen LogP contribution in [-0.2, 0) is 47.7 Å². The van der Waals surface area contributed by atoms with Gasteiger partial charge in [-0.05, 0) is 118 Å². The van der Waals surface area contributed by atoms with E-state index in [1.54, 1.807) is 0 Å². The average molecular weight is 1140 g/mol. The van der Waals surface area contributed by atoms with Gasteiger partial charge in [0.05, 0.1) is 49.8 Å². The number of hydrogen-bond acceptors (Lipinski definition) is 20. The lowest BCUT2D eigenvalue weighted by Crippen LogP contribution is -2.47. The lowest BCUT2D eigenvalue weighted by molar-refractivity contribution is -0.148. The molecule has 1 fully saturated rings. The van der Waals surface area contributed by atoms with Gasteiger partial charge in [0.15, 0.2) is 0 Å². The van der Waals surface area contributed by atoms with E-state index in [9.17, 15) is 44.4 Å². The van der Waals surface area contributed by atoms with E-state index in [4.69, 9.17) is 23.7 Å². The van der Waals surface area contributed by atoms with Gasteiger partial charge in [0.25, 0.3) is 0 Å². The number of ether oxygens (including phenoxy) is 5. The molecule has 0 aromatic heterocycles. The Morgan fingerprint density at radius 2 is 0.766 bits per heavy atom. The van der Waals surface area contributed by atoms with Crippen molar-refractivity contribution in [1.29, 1.82) is 0 Å². The van der Waals surface area contributed by atoms with E-state index in [0.717, 1.165) is 95.7 Å². The molecule has 4 atom stereocenters. The lowest BCUT2D eigenvalue weighted by Gasteiger charge is -2.34. The fourth-order valence-corrected chi connectivity index (χ4v) is 10.9. The van der Waals surface area contributed by atoms with Crippen LogP contribution in [0.25, 0.3) is 0 Å². The highest BCUT2D eigenvalue weighted by molar-refractivity contribution is 8.76. The monoisotopic (exact) mass is 1140 g/mol. The van der Waals surface area contributed by atoms with E-state index < -0.39 is 24.4 Å². The highest BCUT2D eigenvalue weighted by Gasteiger charge is 2.21. The number of nitrogens with zero attached hydrogens (tertiary/aromatic N) is 4. The molecular formula is C57H108N4O14S2. The number of esters is 5. The minimum Gasteiger partial charge on any atom is -0.466 e. The fourth-order valence-electron chi connectivity index (χ4n) is 8.79. The van der Waals surface area contributed by atoms with Gasteiger partial charge in [0.1, 0.15) is 6.61 Å². The quantitative estimate of drug-likeness (QED) is 0.0199. The van der Waals surface area contributed by atoms with Gasteiger partial charge in [-0.25, -0.2) is 0 Å². The molecule has 0 aliphatic carbocycles. The zero-order valence-electron chi connectivity index (χ0n) is 48.7. The molecule has 0 aromatic carbocycles. The maximum absolute atomic E-state index is 12.8. The number of carbonyl (C=O) groups excluding carboxylic acids is 5. The van der Waals surface area contributed by atoms with Crippen LogP contribution in [0.15, 0.2) is 0 Å². The highest BCUT2D eigenvalue weighted by Crippen LogP contribution is 2.23. The smallest absolute Gasteiger partial charge is 0.306 e. The largest absolute Gasteiger partial charge is 0.466 e. The van der Waals surface area contributed by atoms with E-state index in [0.29, 0.717) is 155 Å². The zero-order chi connectivity index (χ0) is 56.9. The summed E-state index contributed by atoms with van der Waals surface area (Å²) < 4.78 is 26.5. The molecule has 1 rings (SSSR count). The first kappa shape index (κ1) is 72.7. The molecule has 0 bridgehead atoms. The minimum absolute atomic E-state index is 0.160. The van der Waals surface area contributed by atoms with Gasteiger partial charge in [-0.15, -0.1) is 0 Å². The maximum atomic E-state index is 12.8. The maximum Gasteiger partial charge on any atom is 0.306 e. The molecule has 1 aliphatic heterocycles. The minimum atomic E-state index is -0.654. The third kappa shape index (κ3) is 45.1. The van der Waals surface area contributed by atoms with Crippen LogP contribution >= 0.6 is 21.6 Å². The molecule has 0 saturated carbocycles. The summed E-state index contributed by atoms with van der Waals surface area (Å²) >= 11 is 0. The summed E-state index contributed by atoms with van der Waals surface area (Å²) in [5, 5.41) is 43.6. The van der Waals surface area contributed by atoms with Crippen LogP contribution in [0.3, 0.4) is 0 Å². The van der Waals surface area contributed by atoms with Gasteiger partial charge in [-0.2, -0.15) is 0 Å². The average Bonchev–Trinajstić information content (AvgIpc) is 3.36. The van der Waals surface area contributed by atoms with Crippen molar-refractivity contribution < 1.29 is 68.1 Å². The number of aliphatic hydroxyl groups is 4. The summed E-state index contributed by atoms with van der Waals surface area (Å²) in [5.41, 5.74) is 0. The number of carbonyl (C=O) groups is 5. The summed E-state index contributed by atoms with van der Waals surface area (Å²) in [5.74, 6) is 0.840. The number of unbranched alkanes of at least 4 members (excludes halogenated alkanes) is 6. The molecule has 20 heteroatoms. The second-order valence-electron chi connectivity index (χ2n) is 21.3. The van der Waals surface area contributed by atoms with Gasteiger partial charge >= 0.3 is 29.8 Å². The molecule has 4 unspecified atom stereocenters. The molecule has 1 aliphatic rings. The van der Waals surface area contributed by atoms with Gasteiger partial charge in [-0.3, -0.25) is 43.6 Å². The number of piperazine rings is 1. The third-order valence-corrected chi connectivity index (χ3v) is 15.5. The van der Waals surface area contributed by atoms with Gasteiger partial charge in [0, 0.05) is 109 Å². The van der Waals surface area contributed by atoms with E-state index >= 15 is 0 Å². The van der Waals surface area contributed by atoms with Crippen molar-refractivity contribution in [1.82, 2.24) is 19.6 Å². The van der Waals surface area contributed by atoms with Crippen LogP contribution in [0.4, 0.5) is 0 Å². The third-order valence-electron chi connectivity index (χ3n) is 13.1. The Morgan fingerprint density at radius 1 is 0.429 bits per heavy atom. The van der Waals surface area contributed by atoms with Crippen LogP contribution in [0, 0.1) is 0 Å². The standard InChI is InChI=1S/C57H108N4O14S2/c1-7-9-38-71-53(66)25-15-11-21-51(64)45-61(46-52(65)22-12-16-26-54(67)72-39-10-8-2)31-20-41-76-77-42-37-59-34-32-58(33-35-59)36-40-73-55(68)29-19-30-60(43-49(62)23-13-17-27-56(69)74-47(3)4)44-50(63)24-14-18-28-57(70)75-48(5)6/h47-52,62-65H,7-46H2,1-6H3. The Hall–Kier alpha value is -2.27. The molecule has 0 amide bonds. The molecule has 452 valence electrons. The van der Waals surface area contributed by atoms with Crippen molar-refractivity contribution in [2.24, 2.45) is 0 Å². The van der Waals surface area contributed by atoms with E-state index in [1.807, 2.05) is 54.2 Å². The Morgan fingerprint density at radius 3 is 1.16 bits per heavy atom. The lowest BCUT2D eigenvalue weighted by atomic mass is 10.1. The topological polar surface area (TPSA) is 225 Å². The van der Waals surface area contributed by atoms with Crippen LogP contribution in [-0.4, -0.2) is 216 Å². The molecule has 0 spiro atoms. The van der Waals surface area contributed by atoms with E-state index in [2.05, 4.69) is 28.5 Å². The van der Waals surface area contributed by atoms with Crippen LogP contribution < -0.4 is 0 Å². The van der Waals surface area contributed by atoms with Crippen molar-refractivity contribution in [3.05, 3.63) is 0 Å². The van der Waals surface area contributed by atoms with E-state index in [-0.39, 0.29) is 48.5 Å². The Balaban J connectivity index is 2.43. The fraction of sp³-hybridized carbons (Fsp3) is 0.912. The summed E-state index contributed by atoms with van der Waals surface area (Å²) in [7, 11) is 3.72. The predicted molar refractivity (Wildman–Crippen MR) is 308 cm³/mol. The van der Waals surface area contributed by atoms with Crippen molar-refractivity contribution in [2.45, 2.75) is 226 Å². The highest BCUT2D eigenvalue weighted by atomic mass is 33.1. The summed E-state index contributed by atoms with van der Waals surface area (Å²) in [4.78, 5) is 69.5. The molecular weight excluding hydrogens is 1030 g/mol. The van der Waals surface area contributed by atoms with Crippen molar-refractivity contribution in [3.63, 3.8) is 0 Å². The second kappa shape index (κ2) is 48.4. The normalized spacial score (nSPS) is 15.0.